The highest BCUT2D eigenvalue weighted by Crippen LogP contribution is 2.20. The Labute approximate surface area is 116 Å². The van der Waals surface area contributed by atoms with Crippen molar-refractivity contribution in [2.75, 3.05) is 20.6 Å². The summed E-state index contributed by atoms with van der Waals surface area (Å²) in [6.45, 7) is 0.909. The van der Waals surface area contributed by atoms with E-state index in [4.69, 9.17) is 0 Å². The van der Waals surface area contributed by atoms with E-state index in [1.54, 1.807) is 36.5 Å². The molecule has 0 bridgehead atoms. The molecule has 1 N–H and O–H groups in total. The second-order valence-corrected chi connectivity index (χ2v) is 5.11. The average Bonchev–Trinajstić information content (AvgIpc) is 2.88. The second kappa shape index (κ2) is 6.40. The van der Waals surface area contributed by atoms with E-state index in [1.807, 2.05) is 23.6 Å². The van der Waals surface area contributed by atoms with Crippen molar-refractivity contribution in [2.24, 2.45) is 0 Å². The third-order valence-corrected chi connectivity index (χ3v) is 3.43. The number of pyridine rings is 1. The van der Waals surface area contributed by atoms with Gasteiger partial charge in [-0.1, -0.05) is 6.07 Å². The lowest BCUT2D eigenvalue weighted by molar-refractivity contribution is -0.127. The molecule has 0 aliphatic carbocycles. The molecule has 0 aromatic carbocycles. The van der Waals surface area contributed by atoms with Gasteiger partial charge in [0.15, 0.2) is 0 Å². The van der Waals surface area contributed by atoms with Gasteiger partial charge in [0.05, 0.1) is 17.9 Å². The summed E-state index contributed by atoms with van der Waals surface area (Å²) in [6, 6.07) is 5.76. The van der Waals surface area contributed by atoms with Crippen LogP contribution in [0.15, 0.2) is 29.8 Å². The van der Waals surface area contributed by atoms with Gasteiger partial charge in [-0.15, -0.1) is 11.3 Å². The van der Waals surface area contributed by atoms with E-state index in [-0.39, 0.29) is 5.91 Å². The number of rotatable bonds is 5. The van der Waals surface area contributed by atoms with E-state index in [0.29, 0.717) is 13.1 Å². The summed E-state index contributed by atoms with van der Waals surface area (Å²) in [5, 5.41) is 5.96. The van der Waals surface area contributed by atoms with Crippen LogP contribution in [0.5, 0.6) is 0 Å². The fourth-order valence-electron chi connectivity index (χ4n) is 1.45. The minimum absolute atomic E-state index is 0.0557. The smallest absolute Gasteiger partial charge is 0.236 e. The molecule has 2 heterocycles. The summed E-state index contributed by atoms with van der Waals surface area (Å²) in [6.07, 6.45) is 1.75. The van der Waals surface area contributed by atoms with Crippen molar-refractivity contribution in [3.05, 3.63) is 35.5 Å². The Morgan fingerprint density at radius 2 is 2.26 bits per heavy atom. The van der Waals surface area contributed by atoms with Crippen molar-refractivity contribution in [2.45, 2.75) is 6.54 Å². The maximum Gasteiger partial charge on any atom is 0.236 e. The van der Waals surface area contributed by atoms with Crippen molar-refractivity contribution in [3.8, 4) is 10.7 Å². The molecule has 0 atom stereocenters. The predicted molar refractivity (Wildman–Crippen MR) is 75.7 cm³/mol. The topological polar surface area (TPSA) is 58.1 Å². The zero-order chi connectivity index (χ0) is 13.7. The van der Waals surface area contributed by atoms with Crippen LogP contribution in [0.3, 0.4) is 0 Å². The molecule has 0 aliphatic heterocycles. The number of carbonyl (C=O) groups excluding carboxylic acids is 1. The van der Waals surface area contributed by atoms with Gasteiger partial charge < -0.3 is 10.2 Å². The molecule has 2 aromatic rings. The van der Waals surface area contributed by atoms with Crippen LogP contribution in [-0.2, 0) is 11.3 Å². The van der Waals surface area contributed by atoms with Crippen LogP contribution in [0, 0.1) is 0 Å². The lowest BCUT2D eigenvalue weighted by atomic mass is 10.3. The average molecular weight is 276 g/mol. The fourth-order valence-corrected chi connectivity index (χ4v) is 2.25. The van der Waals surface area contributed by atoms with Crippen LogP contribution in [-0.4, -0.2) is 41.4 Å². The Balaban J connectivity index is 1.90. The molecular weight excluding hydrogens is 260 g/mol. The quantitative estimate of drug-likeness (QED) is 0.896. The Bertz CT molecular complexity index is 539. The largest absolute Gasteiger partial charge is 0.348 e. The fraction of sp³-hybridized carbons (Fsp3) is 0.308. The lowest BCUT2D eigenvalue weighted by Gasteiger charge is -2.09. The van der Waals surface area contributed by atoms with E-state index in [1.165, 1.54) is 0 Å². The Morgan fingerprint density at radius 1 is 1.42 bits per heavy atom. The Kier molecular flexibility index (Phi) is 4.59. The van der Waals surface area contributed by atoms with Crippen molar-refractivity contribution in [1.29, 1.82) is 0 Å². The molecule has 0 saturated carbocycles. The highest BCUT2D eigenvalue weighted by atomic mass is 32.1. The summed E-state index contributed by atoms with van der Waals surface area (Å²) in [5.74, 6) is 0.0557. The molecular formula is C13H16N4OS. The summed E-state index contributed by atoms with van der Waals surface area (Å²) in [5.41, 5.74) is 1.81. The molecule has 0 unspecified atom stereocenters. The summed E-state index contributed by atoms with van der Waals surface area (Å²) >= 11 is 1.56. The van der Waals surface area contributed by atoms with Crippen LogP contribution in [0.1, 0.15) is 5.69 Å². The number of nitrogens with zero attached hydrogens (tertiary/aromatic N) is 3. The number of amides is 1. The van der Waals surface area contributed by atoms with E-state index in [0.717, 1.165) is 16.4 Å². The molecule has 5 nitrogen and oxygen atoms in total. The summed E-state index contributed by atoms with van der Waals surface area (Å²) in [4.78, 5) is 21.7. The van der Waals surface area contributed by atoms with Crippen LogP contribution in [0.2, 0.25) is 0 Å². The third kappa shape index (κ3) is 3.84. The molecule has 2 rings (SSSR count). The highest BCUT2D eigenvalue weighted by Gasteiger charge is 2.06. The number of aromatic nitrogens is 2. The first-order chi connectivity index (χ1) is 9.16. The molecule has 19 heavy (non-hydrogen) atoms. The highest BCUT2D eigenvalue weighted by molar-refractivity contribution is 7.13. The Hall–Kier alpha value is -1.79. The number of thiazole rings is 1. The standard InChI is InChI=1S/C13H16N4OS/c1-17(2)12(18)8-14-7-10-9-19-13(16-10)11-5-3-4-6-15-11/h3-6,9,14H,7-8H2,1-2H3. The SMILES string of the molecule is CN(C)C(=O)CNCc1csc(-c2ccccn2)n1. The van der Waals surface area contributed by atoms with Gasteiger partial charge in [0.25, 0.3) is 0 Å². The van der Waals surface area contributed by atoms with Gasteiger partial charge in [0, 0.05) is 32.2 Å². The van der Waals surface area contributed by atoms with Crippen molar-refractivity contribution in [1.82, 2.24) is 20.2 Å². The molecule has 100 valence electrons. The van der Waals surface area contributed by atoms with E-state index in [9.17, 15) is 4.79 Å². The summed E-state index contributed by atoms with van der Waals surface area (Å²) in [7, 11) is 3.48. The van der Waals surface area contributed by atoms with Crippen LogP contribution < -0.4 is 5.32 Å². The van der Waals surface area contributed by atoms with Gasteiger partial charge in [0.1, 0.15) is 5.01 Å². The zero-order valence-electron chi connectivity index (χ0n) is 11.0. The van der Waals surface area contributed by atoms with Gasteiger partial charge in [-0.25, -0.2) is 4.98 Å². The first kappa shape index (κ1) is 13.6. The van der Waals surface area contributed by atoms with Gasteiger partial charge in [-0.2, -0.15) is 0 Å². The molecule has 0 spiro atoms. The number of hydrogen-bond acceptors (Lipinski definition) is 5. The van der Waals surface area contributed by atoms with Crippen LogP contribution >= 0.6 is 11.3 Å². The second-order valence-electron chi connectivity index (χ2n) is 4.25. The van der Waals surface area contributed by atoms with Gasteiger partial charge in [-0.3, -0.25) is 9.78 Å². The van der Waals surface area contributed by atoms with Crippen LogP contribution in [0.4, 0.5) is 0 Å². The minimum atomic E-state index is 0.0557. The molecule has 0 radical (unpaired) electrons. The normalized spacial score (nSPS) is 10.4. The monoisotopic (exact) mass is 276 g/mol. The molecule has 1 amide bonds. The third-order valence-electron chi connectivity index (χ3n) is 2.52. The van der Waals surface area contributed by atoms with E-state index in [2.05, 4.69) is 15.3 Å². The van der Waals surface area contributed by atoms with E-state index < -0.39 is 0 Å². The molecule has 0 saturated heterocycles. The lowest BCUT2D eigenvalue weighted by Crippen LogP contribution is -2.32. The maximum absolute atomic E-state index is 11.4. The number of likely N-dealkylation sites (N-methyl/N-ethyl adjacent to an activating group) is 1. The number of nitrogens with one attached hydrogen (secondary N) is 1. The first-order valence-corrected chi connectivity index (χ1v) is 6.81. The molecule has 2 aromatic heterocycles. The molecule has 0 fully saturated rings. The first-order valence-electron chi connectivity index (χ1n) is 5.93. The number of hydrogen-bond donors (Lipinski definition) is 1. The van der Waals surface area contributed by atoms with Crippen molar-refractivity contribution in [3.63, 3.8) is 0 Å². The van der Waals surface area contributed by atoms with Crippen molar-refractivity contribution < 1.29 is 4.79 Å². The molecule has 6 heteroatoms. The van der Waals surface area contributed by atoms with Gasteiger partial charge in [-0.05, 0) is 12.1 Å². The maximum atomic E-state index is 11.4. The van der Waals surface area contributed by atoms with Crippen LogP contribution in [0.25, 0.3) is 10.7 Å². The summed E-state index contributed by atoms with van der Waals surface area (Å²) < 4.78 is 0. The van der Waals surface area contributed by atoms with E-state index >= 15 is 0 Å². The van der Waals surface area contributed by atoms with Gasteiger partial charge in [0.2, 0.25) is 5.91 Å². The zero-order valence-corrected chi connectivity index (χ0v) is 11.8. The van der Waals surface area contributed by atoms with Gasteiger partial charge >= 0.3 is 0 Å². The number of carbonyl (C=O) groups is 1. The minimum Gasteiger partial charge on any atom is -0.348 e. The predicted octanol–water partition coefficient (Wildman–Crippen LogP) is 1.38. The Morgan fingerprint density at radius 3 is 2.95 bits per heavy atom. The molecule has 0 aliphatic rings. The van der Waals surface area contributed by atoms with Crippen molar-refractivity contribution >= 4 is 17.2 Å².